The van der Waals surface area contributed by atoms with Gasteiger partial charge in [-0.3, -0.25) is 38.4 Å². The number of hydrogen-bond acceptors (Lipinski definition) is 8. The van der Waals surface area contributed by atoms with Crippen molar-refractivity contribution in [1.82, 2.24) is 41.3 Å². The Kier molecular flexibility index (Phi) is 19.7. The zero-order valence-corrected chi connectivity index (χ0v) is 63.9. The van der Waals surface area contributed by atoms with Gasteiger partial charge in [-0.1, -0.05) is 267 Å². The van der Waals surface area contributed by atoms with Crippen molar-refractivity contribution < 1.29 is 38.4 Å². The molecule has 16 nitrogen and oxygen atoms in total. The Balaban J connectivity index is 0.886. The number of rotatable bonds is 18. The number of benzene rings is 13. The monoisotopic (exact) mass is 1510 g/mol. The highest BCUT2D eigenvalue weighted by atomic mass is 31.1. The van der Waals surface area contributed by atoms with Gasteiger partial charge in [0, 0.05) is 47.9 Å². The summed E-state index contributed by atoms with van der Waals surface area (Å²) in [6, 6.07) is 90.3. The van der Waals surface area contributed by atoms with Crippen LogP contribution in [0.5, 0.6) is 0 Å². The van der Waals surface area contributed by atoms with E-state index in [0.29, 0.717) is 32.9 Å². The van der Waals surface area contributed by atoms with Crippen LogP contribution < -0.4 is 31.9 Å². The molecule has 4 aliphatic rings. The number of carbonyl (C=O) groups excluding carboxylic acids is 8. The van der Waals surface area contributed by atoms with Crippen LogP contribution in [0, 0.1) is 0 Å². The Morgan fingerprint density at radius 1 is 0.268 bits per heavy atom. The molecule has 4 fully saturated rings. The summed E-state index contributed by atoms with van der Waals surface area (Å²) in [6.45, 7) is 7.74. The van der Waals surface area contributed by atoms with Gasteiger partial charge in [0.25, 0.3) is 23.6 Å². The molecular weight excluding hydrogens is 1430 g/mol. The van der Waals surface area contributed by atoms with Gasteiger partial charge >= 0.3 is 0 Å². The Morgan fingerprint density at radius 2 is 0.464 bits per heavy atom. The third kappa shape index (κ3) is 13.0. The van der Waals surface area contributed by atoms with Crippen LogP contribution in [0.2, 0.25) is 0 Å². The summed E-state index contributed by atoms with van der Waals surface area (Å²) in [5.41, 5.74) is 6.21. The van der Waals surface area contributed by atoms with Crippen molar-refractivity contribution in [1.29, 1.82) is 0 Å². The van der Waals surface area contributed by atoms with Crippen LogP contribution >= 0.6 is 15.8 Å². The first-order valence-electron chi connectivity index (χ1n) is 38.1. The summed E-state index contributed by atoms with van der Waals surface area (Å²) < 4.78 is 0. The SMILES string of the molecule is C[C@H](NC(=O)c1ccccc1[C@@H]1N2C(=O)CCC(=O)N2[C@@H](c2ccccc2C(=O)N[C@@H](C)c2cccc3ccccc23)P1c1ccccc1P1[C@H](c2ccccc2C(=O)N[C@@H](C)c2cccc3ccccc23)N2C(=O)CCC(=O)N2[C@H]1c1ccccc1C(=O)N[C@@H](C)c1cccc2ccccc12)c1cccc2ccccc12. The first-order valence-corrected chi connectivity index (χ1v) is 41.0. The van der Waals surface area contributed by atoms with E-state index in [2.05, 4.69) is 21.3 Å². The molecule has 0 spiro atoms. The van der Waals surface area contributed by atoms with E-state index in [0.717, 1.165) is 65.3 Å². The molecule has 4 saturated heterocycles. The minimum atomic E-state index is -2.28. The molecule has 8 amide bonds. The van der Waals surface area contributed by atoms with E-state index in [4.69, 9.17) is 0 Å². The van der Waals surface area contributed by atoms with E-state index in [1.807, 2.05) is 270 Å². The molecule has 0 bridgehead atoms. The molecule has 4 N–H and O–H groups in total. The van der Waals surface area contributed by atoms with Crippen LogP contribution in [-0.4, -0.2) is 67.3 Å². The topological polar surface area (TPSA) is 198 Å². The zero-order chi connectivity index (χ0) is 77.0. The molecule has 4 aliphatic heterocycles. The number of nitrogens with one attached hydrogen (secondary N) is 4. The van der Waals surface area contributed by atoms with Crippen molar-refractivity contribution in [2.75, 3.05) is 0 Å². The lowest BCUT2D eigenvalue weighted by atomic mass is 9.99. The van der Waals surface area contributed by atoms with Gasteiger partial charge in [0.2, 0.25) is 23.6 Å². The highest BCUT2D eigenvalue weighted by Crippen LogP contribution is 2.75. The normalized spacial score (nSPS) is 18.3. The van der Waals surface area contributed by atoms with Crippen molar-refractivity contribution in [3.05, 3.63) is 358 Å². The van der Waals surface area contributed by atoms with E-state index in [1.54, 1.807) is 48.5 Å². The lowest BCUT2D eigenvalue weighted by molar-refractivity contribution is -0.171. The first-order chi connectivity index (χ1) is 54.6. The van der Waals surface area contributed by atoms with Gasteiger partial charge < -0.3 is 21.3 Å². The molecule has 8 atom stereocenters. The Bertz CT molecular complexity index is 5270. The fraction of sp³-hybridized carbons (Fsp3) is 0.170. The summed E-state index contributed by atoms with van der Waals surface area (Å²) >= 11 is 0. The van der Waals surface area contributed by atoms with Crippen LogP contribution in [0.15, 0.2) is 291 Å². The molecule has 112 heavy (non-hydrogen) atoms. The Labute approximate surface area is 651 Å². The molecule has 17 rings (SSSR count). The van der Waals surface area contributed by atoms with Crippen molar-refractivity contribution in [3.63, 3.8) is 0 Å². The highest BCUT2D eigenvalue weighted by Gasteiger charge is 2.61. The Morgan fingerprint density at radius 3 is 0.705 bits per heavy atom. The summed E-state index contributed by atoms with van der Waals surface area (Å²) in [5, 5.41) is 28.6. The Hall–Kier alpha value is -12.5. The molecule has 0 aliphatic carbocycles. The molecular formula is C94H80N8O8P2. The van der Waals surface area contributed by atoms with Crippen molar-refractivity contribution in [3.8, 4) is 0 Å². The predicted octanol–water partition coefficient (Wildman–Crippen LogP) is 18.0. The number of amides is 8. The second-order valence-corrected chi connectivity index (χ2v) is 33.7. The smallest absolute Gasteiger partial charge is 0.252 e. The summed E-state index contributed by atoms with van der Waals surface area (Å²) in [4.78, 5) is 127. The number of fused-ring (bicyclic) bond motifs is 6. The molecule has 0 aromatic heterocycles. The molecule has 0 unspecified atom stereocenters. The van der Waals surface area contributed by atoms with Gasteiger partial charge in [-0.05, 0) is 166 Å². The lowest BCUT2D eigenvalue weighted by Gasteiger charge is -2.38. The summed E-state index contributed by atoms with van der Waals surface area (Å²) in [7, 11) is -4.56. The second-order valence-electron chi connectivity index (χ2n) is 29.2. The van der Waals surface area contributed by atoms with Gasteiger partial charge in [-0.15, -0.1) is 0 Å². The zero-order valence-electron chi connectivity index (χ0n) is 62.1. The van der Waals surface area contributed by atoms with Crippen LogP contribution in [0.1, 0.15) is 187 Å². The van der Waals surface area contributed by atoms with Crippen LogP contribution in [0.25, 0.3) is 43.1 Å². The minimum Gasteiger partial charge on any atom is -0.345 e. The van der Waals surface area contributed by atoms with Crippen molar-refractivity contribution in [2.24, 2.45) is 0 Å². The van der Waals surface area contributed by atoms with Gasteiger partial charge in [-0.25, -0.2) is 20.0 Å². The largest absolute Gasteiger partial charge is 0.345 e. The lowest BCUT2D eigenvalue weighted by Crippen LogP contribution is -2.50. The third-order valence-corrected chi connectivity index (χ3v) is 28.7. The fourth-order valence-corrected chi connectivity index (χ4v) is 24.8. The summed E-state index contributed by atoms with van der Waals surface area (Å²) in [6.07, 6.45) is -0.661. The highest BCUT2D eigenvalue weighted by molar-refractivity contribution is 7.73. The second kappa shape index (κ2) is 30.4. The number of hydrogen-bond donors (Lipinski definition) is 4. The summed E-state index contributed by atoms with van der Waals surface area (Å²) in [5.74, 6) is -7.87. The number of nitrogens with zero attached hydrogens (tertiary/aromatic N) is 4. The molecule has 0 saturated carbocycles. The van der Waals surface area contributed by atoms with E-state index in [-0.39, 0.29) is 71.6 Å². The molecule has 13 aromatic carbocycles. The minimum absolute atomic E-state index is 0.165. The maximum Gasteiger partial charge on any atom is 0.252 e. The maximum atomic E-state index is 15.9. The number of hydrazine groups is 2. The van der Waals surface area contributed by atoms with Gasteiger partial charge in [0.15, 0.2) is 0 Å². The first kappa shape index (κ1) is 72.4. The van der Waals surface area contributed by atoms with Crippen LogP contribution in [-0.2, 0) is 19.2 Å². The average Bonchev–Trinajstić information content (AvgIpc) is 1.53. The molecule has 554 valence electrons. The third-order valence-electron chi connectivity index (χ3n) is 22.5. The van der Waals surface area contributed by atoms with E-state index < -0.39 is 86.8 Å². The quantitative estimate of drug-likeness (QED) is 0.0609. The van der Waals surface area contributed by atoms with Gasteiger partial charge in [-0.2, -0.15) is 0 Å². The van der Waals surface area contributed by atoms with Gasteiger partial charge in [0.1, 0.15) is 23.1 Å². The van der Waals surface area contributed by atoms with Crippen LogP contribution in [0.3, 0.4) is 0 Å². The number of carbonyl (C=O) groups is 8. The van der Waals surface area contributed by atoms with E-state index in [9.17, 15) is 0 Å². The standard InChI is InChI=1S/C94H80N8O8P2/c1-57(65-47-23-31-61-27-5-9-35-69(61)65)95-87(107)73-39-13-17-43-77(73)91-99-83(103)53-54-84(104)100(99)92(78-44-18-14-40-74(78)88(108)96-58(2)66-48-24-32-62-28-6-10-36-70(62)66)111(91)81-51-21-22-52-82(81)112-93(79-45-19-15-41-75(79)89(109)97-59(3)67-49-25-33-63-29-7-11-37-71(63)67)101-85(105)55-56-86(106)102(101)94(112)80-46-20-16-42-76(80)90(110)98-60(4)68-50-26-34-64-30-8-12-38-72(64)68/h5-52,57-60,91-94H,53-56H2,1-4H3,(H,95,107)(H,96,108)(H,97,109)(H,98,110)/t57-,58-,59-,60-,91+,92+,93+,94+/m0/s1. The van der Waals surface area contributed by atoms with Gasteiger partial charge in [0.05, 0.1) is 24.2 Å². The van der Waals surface area contributed by atoms with E-state index >= 15 is 38.4 Å². The molecule has 18 heteroatoms. The molecule has 0 radical (unpaired) electrons. The fourth-order valence-electron chi connectivity index (χ4n) is 17.3. The molecule has 13 aromatic rings. The average molecular weight is 1510 g/mol. The van der Waals surface area contributed by atoms with Crippen molar-refractivity contribution in [2.45, 2.75) is 101 Å². The molecule has 4 heterocycles. The maximum absolute atomic E-state index is 15.9. The van der Waals surface area contributed by atoms with Crippen LogP contribution in [0.4, 0.5) is 0 Å². The van der Waals surface area contributed by atoms with E-state index in [1.165, 1.54) is 20.0 Å². The predicted molar refractivity (Wildman–Crippen MR) is 441 cm³/mol. The van der Waals surface area contributed by atoms with Crippen molar-refractivity contribution >= 4 is 117 Å².